The van der Waals surface area contributed by atoms with Crippen molar-refractivity contribution < 1.29 is 18.4 Å². The van der Waals surface area contributed by atoms with Crippen molar-refractivity contribution >= 4 is 18.3 Å². The van der Waals surface area contributed by atoms with E-state index in [4.69, 9.17) is 14.0 Å². The Kier molecular flexibility index (Phi) is 3.95. The Hall–Kier alpha value is -1.11. The van der Waals surface area contributed by atoms with Gasteiger partial charge in [-0.25, -0.2) is 4.39 Å². The molecule has 4 nitrogen and oxygen atoms in total. The molecule has 0 bridgehead atoms. The van der Waals surface area contributed by atoms with E-state index in [2.05, 4.69) is 5.32 Å². The van der Waals surface area contributed by atoms with Crippen molar-refractivity contribution in [3.63, 3.8) is 0 Å². The first-order chi connectivity index (χ1) is 10.3. The van der Waals surface area contributed by atoms with Gasteiger partial charge in [-0.05, 0) is 51.7 Å². The molecule has 1 N–H and O–H groups in total. The Bertz CT molecular complexity index is 542. The highest BCUT2D eigenvalue weighted by Crippen LogP contribution is 2.36. The quantitative estimate of drug-likeness (QED) is 0.870. The van der Waals surface area contributed by atoms with Gasteiger partial charge in [-0.15, -0.1) is 0 Å². The molecule has 0 amide bonds. The molecule has 2 aliphatic rings. The van der Waals surface area contributed by atoms with Crippen molar-refractivity contribution in [1.29, 1.82) is 0 Å². The first-order valence-corrected chi connectivity index (χ1v) is 7.78. The van der Waals surface area contributed by atoms with Crippen LogP contribution in [-0.2, 0) is 14.0 Å². The van der Waals surface area contributed by atoms with Crippen LogP contribution in [-0.4, -0.2) is 37.6 Å². The summed E-state index contributed by atoms with van der Waals surface area (Å²) in [7, 11) is -0.539. The fraction of sp³-hybridized carbons (Fsp3) is 0.625. The number of hydrogen-bond acceptors (Lipinski definition) is 4. The van der Waals surface area contributed by atoms with Crippen LogP contribution in [0.25, 0.3) is 0 Å². The summed E-state index contributed by atoms with van der Waals surface area (Å²) in [6.45, 7) is 9.29. The van der Waals surface area contributed by atoms with E-state index in [1.807, 2.05) is 33.8 Å². The first kappa shape index (κ1) is 15.8. The SMILES string of the molecule is CC1(C)OB(c2ccc(NC3CCOC3)c(F)c2)OC1(C)C. The van der Waals surface area contributed by atoms with E-state index in [-0.39, 0.29) is 11.9 Å². The van der Waals surface area contributed by atoms with E-state index < -0.39 is 18.3 Å². The average molecular weight is 307 g/mol. The van der Waals surface area contributed by atoms with Gasteiger partial charge in [0.25, 0.3) is 0 Å². The third-order valence-electron chi connectivity index (χ3n) is 4.81. The number of anilines is 1. The zero-order valence-electron chi connectivity index (χ0n) is 13.6. The predicted molar refractivity (Wildman–Crippen MR) is 85.0 cm³/mol. The van der Waals surface area contributed by atoms with E-state index >= 15 is 0 Å². The van der Waals surface area contributed by atoms with Crippen molar-refractivity contribution in [3.05, 3.63) is 24.0 Å². The molecule has 120 valence electrons. The zero-order valence-corrected chi connectivity index (χ0v) is 13.6. The summed E-state index contributed by atoms with van der Waals surface area (Å²) in [4.78, 5) is 0. The highest BCUT2D eigenvalue weighted by Gasteiger charge is 2.51. The Morgan fingerprint density at radius 2 is 1.86 bits per heavy atom. The summed E-state index contributed by atoms with van der Waals surface area (Å²) in [5.74, 6) is -0.292. The van der Waals surface area contributed by atoms with Crippen molar-refractivity contribution in [1.82, 2.24) is 0 Å². The standard InChI is InChI=1S/C16H23BFNO3/c1-15(2)16(3,4)22-17(21-15)11-5-6-14(13(18)9-11)19-12-7-8-20-10-12/h5-6,9,12,19H,7-8,10H2,1-4H3. The highest BCUT2D eigenvalue weighted by molar-refractivity contribution is 6.62. The predicted octanol–water partition coefficient (Wildman–Crippen LogP) is 2.33. The molecule has 6 heteroatoms. The molecule has 0 saturated carbocycles. The van der Waals surface area contributed by atoms with Crippen LogP contribution in [0, 0.1) is 5.82 Å². The van der Waals surface area contributed by atoms with E-state index in [1.54, 1.807) is 6.07 Å². The zero-order chi connectivity index (χ0) is 16.0. The van der Waals surface area contributed by atoms with Gasteiger partial charge in [0.05, 0.1) is 29.5 Å². The van der Waals surface area contributed by atoms with Gasteiger partial charge in [-0.1, -0.05) is 6.07 Å². The number of benzene rings is 1. The van der Waals surface area contributed by atoms with Crippen LogP contribution in [0.5, 0.6) is 0 Å². The number of halogens is 1. The minimum absolute atomic E-state index is 0.178. The number of nitrogens with one attached hydrogen (secondary N) is 1. The van der Waals surface area contributed by atoms with Crippen LogP contribution in [0.3, 0.4) is 0 Å². The summed E-state index contributed by atoms with van der Waals surface area (Å²) >= 11 is 0. The summed E-state index contributed by atoms with van der Waals surface area (Å²) in [6, 6.07) is 5.26. The molecule has 2 aliphatic heterocycles. The van der Waals surface area contributed by atoms with Gasteiger partial charge in [0, 0.05) is 6.61 Å². The smallest absolute Gasteiger partial charge is 0.399 e. The highest BCUT2D eigenvalue weighted by atomic mass is 19.1. The molecular formula is C16H23BFNO3. The fourth-order valence-electron chi connectivity index (χ4n) is 2.64. The maximum atomic E-state index is 14.3. The molecule has 0 radical (unpaired) electrons. The van der Waals surface area contributed by atoms with Crippen LogP contribution in [0.2, 0.25) is 0 Å². The van der Waals surface area contributed by atoms with Gasteiger partial charge in [0.15, 0.2) is 0 Å². The van der Waals surface area contributed by atoms with E-state index in [1.165, 1.54) is 6.07 Å². The molecule has 1 unspecified atom stereocenters. The lowest BCUT2D eigenvalue weighted by molar-refractivity contribution is 0.00578. The fourth-order valence-corrected chi connectivity index (χ4v) is 2.64. The second-order valence-corrected chi connectivity index (χ2v) is 7.03. The molecule has 0 aromatic heterocycles. The Labute approximate surface area is 131 Å². The molecular weight excluding hydrogens is 284 g/mol. The third-order valence-corrected chi connectivity index (χ3v) is 4.81. The van der Waals surface area contributed by atoms with Gasteiger partial charge in [0.2, 0.25) is 0 Å². The Morgan fingerprint density at radius 1 is 1.18 bits per heavy atom. The van der Waals surface area contributed by atoms with Crippen LogP contribution in [0.15, 0.2) is 18.2 Å². The lowest BCUT2D eigenvalue weighted by Gasteiger charge is -2.32. The average Bonchev–Trinajstić information content (AvgIpc) is 2.99. The summed E-state index contributed by atoms with van der Waals surface area (Å²) in [5.41, 5.74) is 0.346. The second-order valence-electron chi connectivity index (χ2n) is 7.03. The van der Waals surface area contributed by atoms with Crippen LogP contribution in [0.1, 0.15) is 34.1 Å². The van der Waals surface area contributed by atoms with Crippen LogP contribution >= 0.6 is 0 Å². The molecule has 0 aliphatic carbocycles. The molecule has 3 rings (SSSR count). The number of hydrogen-bond donors (Lipinski definition) is 1. The Balaban J connectivity index is 1.75. The maximum Gasteiger partial charge on any atom is 0.494 e. The molecule has 2 heterocycles. The van der Waals surface area contributed by atoms with Crippen molar-refractivity contribution in [3.8, 4) is 0 Å². The molecule has 1 aromatic rings. The monoisotopic (exact) mass is 307 g/mol. The van der Waals surface area contributed by atoms with Gasteiger partial charge in [-0.2, -0.15) is 0 Å². The molecule has 2 saturated heterocycles. The molecule has 22 heavy (non-hydrogen) atoms. The van der Waals surface area contributed by atoms with Crippen molar-refractivity contribution in [2.24, 2.45) is 0 Å². The summed E-state index contributed by atoms with van der Waals surface area (Å²) in [6.07, 6.45) is 0.901. The topological polar surface area (TPSA) is 39.7 Å². The van der Waals surface area contributed by atoms with Crippen LogP contribution < -0.4 is 10.8 Å². The molecule has 1 aromatic carbocycles. The second kappa shape index (κ2) is 5.51. The minimum Gasteiger partial charge on any atom is -0.399 e. The summed E-state index contributed by atoms with van der Waals surface area (Å²) in [5, 5.41) is 3.18. The lowest BCUT2D eigenvalue weighted by Crippen LogP contribution is -2.41. The normalized spacial score (nSPS) is 26.4. The largest absolute Gasteiger partial charge is 0.494 e. The van der Waals surface area contributed by atoms with Gasteiger partial charge < -0.3 is 19.4 Å². The van der Waals surface area contributed by atoms with Gasteiger partial charge in [0.1, 0.15) is 5.82 Å². The van der Waals surface area contributed by atoms with Crippen LogP contribution in [0.4, 0.5) is 10.1 Å². The van der Waals surface area contributed by atoms with E-state index in [0.717, 1.165) is 13.0 Å². The third kappa shape index (κ3) is 2.87. The van der Waals surface area contributed by atoms with E-state index in [9.17, 15) is 4.39 Å². The van der Waals surface area contributed by atoms with Gasteiger partial charge >= 0.3 is 7.12 Å². The Morgan fingerprint density at radius 3 is 2.41 bits per heavy atom. The first-order valence-electron chi connectivity index (χ1n) is 7.78. The maximum absolute atomic E-state index is 14.3. The molecule has 2 fully saturated rings. The minimum atomic E-state index is -0.539. The summed E-state index contributed by atoms with van der Waals surface area (Å²) < 4.78 is 31.5. The molecule has 0 spiro atoms. The number of rotatable bonds is 3. The van der Waals surface area contributed by atoms with E-state index in [0.29, 0.717) is 17.8 Å². The number of ether oxygens (including phenoxy) is 1. The van der Waals surface area contributed by atoms with Gasteiger partial charge in [-0.3, -0.25) is 0 Å². The lowest BCUT2D eigenvalue weighted by atomic mass is 9.79. The van der Waals surface area contributed by atoms with Crippen molar-refractivity contribution in [2.75, 3.05) is 18.5 Å². The molecule has 1 atom stereocenters. The van der Waals surface area contributed by atoms with Crippen molar-refractivity contribution in [2.45, 2.75) is 51.4 Å².